The van der Waals surface area contributed by atoms with Crippen molar-refractivity contribution in [2.24, 2.45) is 4.99 Å². The molecule has 1 heterocycles. The lowest BCUT2D eigenvalue weighted by Gasteiger charge is -1.79. The summed E-state index contributed by atoms with van der Waals surface area (Å²) in [5, 5.41) is 1.99. The number of hydrogen-bond donors (Lipinski definition) is 0. The molecule has 0 bridgehead atoms. The summed E-state index contributed by atoms with van der Waals surface area (Å²) < 4.78 is 0. The Bertz CT molecular complexity index is 312. The number of isocyanates is 1. The summed E-state index contributed by atoms with van der Waals surface area (Å²) in [7, 11) is 0. The average molecular weight is 163 g/mol. The van der Waals surface area contributed by atoms with E-state index in [2.05, 4.69) is 17.0 Å². The summed E-state index contributed by atoms with van der Waals surface area (Å²) in [6, 6.07) is 6.28. The summed E-state index contributed by atoms with van der Waals surface area (Å²) in [6.45, 7) is 0. The van der Waals surface area contributed by atoms with Crippen LogP contribution in [0.3, 0.4) is 0 Å². The predicted octanol–water partition coefficient (Wildman–Crippen LogP) is 1.59. The quantitative estimate of drug-likeness (QED) is 0.351. The van der Waals surface area contributed by atoms with Gasteiger partial charge in [-0.05, 0) is 11.4 Å². The second kappa shape index (κ2) is 4.45. The van der Waals surface area contributed by atoms with E-state index in [1.165, 1.54) is 11.0 Å². The zero-order valence-corrected chi connectivity index (χ0v) is 6.52. The highest BCUT2D eigenvalue weighted by molar-refractivity contribution is 7.09. The third kappa shape index (κ3) is 2.81. The zero-order valence-electron chi connectivity index (χ0n) is 5.70. The normalized spacial score (nSPS) is 7.64. The molecular weight excluding hydrogens is 158 g/mol. The Balaban J connectivity index is 2.47. The van der Waals surface area contributed by atoms with Crippen LogP contribution < -0.4 is 0 Å². The molecular formula is C8H5NOS. The van der Waals surface area contributed by atoms with Gasteiger partial charge in [-0.2, -0.15) is 0 Å². The van der Waals surface area contributed by atoms with E-state index in [0.29, 0.717) is 6.42 Å². The van der Waals surface area contributed by atoms with Crippen LogP contribution in [0.5, 0.6) is 0 Å². The van der Waals surface area contributed by atoms with Crippen LogP contribution in [-0.4, -0.2) is 6.08 Å². The first-order valence-corrected chi connectivity index (χ1v) is 3.88. The van der Waals surface area contributed by atoms with E-state index in [1.807, 2.05) is 17.5 Å². The molecule has 1 aromatic heterocycles. The molecule has 0 saturated heterocycles. The summed E-state index contributed by atoms with van der Waals surface area (Å²) >= 11 is 1.64. The molecule has 0 atom stereocenters. The van der Waals surface area contributed by atoms with E-state index in [0.717, 1.165) is 0 Å². The van der Waals surface area contributed by atoms with Gasteiger partial charge in [0.25, 0.3) is 0 Å². The molecule has 0 spiro atoms. The minimum atomic E-state index is 0.656. The molecule has 0 aromatic carbocycles. The zero-order chi connectivity index (χ0) is 7.94. The van der Waals surface area contributed by atoms with Gasteiger partial charge in [0.1, 0.15) is 0 Å². The molecule has 11 heavy (non-hydrogen) atoms. The van der Waals surface area contributed by atoms with Gasteiger partial charge >= 0.3 is 0 Å². The lowest BCUT2D eigenvalue weighted by atomic mass is 10.4. The van der Waals surface area contributed by atoms with E-state index < -0.39 is 0 Å². The third-order valence-electron chi connectivity index (χ3n) is 1.02. The van der Waals surface area contributed by atoms with Crippen LogP contribution in [0.25, 0.3) is 0 Å². The van der Waals surface area contributed by atoms with Gasteiger partial charge in [-0.25, -0.2) is 4.79 Å². The van der Waals surface area contributed by atoms with Gasteiger partial charge in [0.15, 0.2) is 0 Å². The van der Waals surface area contributed by atoms with Crippen molar-refractivity contribution in [2.45, 2.75) is 6.42 Å². The number of hydrogen-bond acceptors (Lipinski definition) is 3. The van der Waals surface area contributed by atoms with Crippen molar-refractivity contribution in [3.8, 4) is 12.0 Å². The molecule has 0 unspecified atom stereocenters. The smallest absolute Gasteiger partial charge is 0.210 e. The highest BCUT2D eigenvalue weighted by Gasteiger charge is 1.86. The van der Waals surface area contributed by atoms with Crippen molar-refractivity contribution in [3.05, 3.63) is 22.4 Å². The third-order valence-corrected chi connectivity index (χ3v) is 1.90. The second-order valence-corrected chi connectivity index (χ2v) is 2.78. The highest BCUT2D eigenvalue weighted by Crippen LogP contribution is 2.07. The van der Waals surface area contributed by atoms with E-state index in [4.69, 9.17) is 0 Å². The van der Waals surface area contributed by atoms with Crippen LogP contribution >= 0.6 is 11.3 Å². The van der Waals surface area contributed by atoms with Crippen molar-refractivity contribution in [3.63, 3.8) is 0 Å². The van der Waals surface area contributed by atoms with Gasteiger partial charge in [0, 0.05) is 17.3 Å². The Kier molecular flexibility index (Phi) is 3.14. The van der Waals surface area contributed by atoms with Crippen molar-refractivity contribution in [1.29, 1.82) is 0 Å². The highest BCUT2D eigenvalue weighted by atomic mass is 32.1. The lowest BCUT2D eigenvalue weighted by Crippen LogP contribution is -1.70. The summed E-state index contributed by atoms with van der Waals surface area (Å²) in [4.78, 5) is 13.9. The standard InChI is InChI=1S/C8H5NOS/c10-7-9-5-1-3-8-4-2-6-11-8/h2,4,6H,3H2. The summed E-state index contributed by atoms with van der Waals surface area (Å²) in [5.74, 6) is 2.72. The van der Waals surface area contributed by atoms with Gasteiger partial charge in [-0.15, -0.1) is 16.3 Å². The van der Waals surface area contributed by atoms with Gasteiger partial charge in [0.05, 0.1) is 0 Å². The van der Waals surface area contributed by atoms with Gasteiger partial charge in [-0.1, -0.05) is 12.0 Å². The number of carbonyl (C=O) groups excluding carboxylic acids is 1. The first-order valence-electron chi connectivity index (χ1n) is 3.00. The first kappa shape index (κ1) is 7.74. The van der Waals surface area contributed by atoms with Crippen molar-refractivity contribution < 1.29 is 4.79 Å². The molecule has 0 aliphatic heterocycles. The van der Waals surface area contributed by atoms with Crippen LogP contribution in [0.2, 0.25) is 0 Å². The molecule has 1 aromatic rings. The summed E-state index contributed by atoms with van der Waals surface area (Å²) in [6.07, 6.45) is 2.01. The summed E-state index contributed by atoms with van der Waals surface area (Å²) in [5.41, 5.74) is 0. The second-order valence-electron chi connectivity index (χ2n) is 1.75. The Morgan fingerprint density at radius 1 is 1.64 bits per heavy atom. The Morgan fingerprint density at radius 3 is 3.18 bits per heavy atom. The molecule has 3 heteroatoms. The SMILES string of the molecule is O=C=NC#CCc1cccs1. The maximum absolute atomic E-state index is 9.57. The van der Waals surface area contributed by atoms with Crippen LogP contribution in [0.15, 0.2) is 22.5 Å². The molecule has 0 aliphatic carbocycles. The van der Waals surface area contributed by atoms with Crippen LogP contribution in [-0.2, 0) is 11.2 Å². The fourth-order valence-corrected chi connectivity index (χ4v) is 1.25. The topological polar surface area (TPSA) is 29.4 Å². The van der Waals surface area contributed by atoms with Crippen molar-refractivity contribution in [2.75, 3.05) is 0 Å². The lowest BCUT2D eigenvalue weighted by molar-refractivity contribution is 0.565. The number of nitrogens with zero attached hydrogens (tertiary/aromatic N) is 1. The van der Waals surface area contributed by atoms with E-state index >= 15 is 0 Å². The minimum absolute atomic E-state index is 0.656. The first-order chi connectivity index (χ1) is 5.43. The van der Waals surface area contributed by atoms with Gasteiger partial charge in [-0.3, -0.25) is 0 Å². The Labute approximate surface area is 68.6 Å². The molecule has 0 N–H and O–H groups in total. The van der Waals surface area contributed by atoms with E-state index in [-0.39, 0.29) is 0 Å². The van der Waals surface area contributed by atoms with Crippen LogP contribution in [0.4, 0.5) is 0 Å². The molecule has 54 valence electrons. The number of aliphatic imine (C=N–C) groups is 1. The van der Waals surface area contributed by atoms with Crippen LogP contribution in [0.1, 0.15) is 4.88 Å². The molecule has 1 rings (SSSR count). The maximum atomic E-state index is 9.57. The molecule has 0 radical (unpaired) electrons. The minimum Gasteiger partial charge on any atom is -0.210 e. The van der Waals surface area contributed by atoms with Crippen molar-refractivity contribution >= 4 is 17.4 Å². The molecule has 0 aliphatic rings. The number of rotatable bonds is 1. The van der Waals surface area contributed by atoms with E-state index in [1.54, 1.807) is 11.3 Å². The largest absolute Gasteiger partial charge is 0.249 e. The number of thiophene rings is 1. The predicted molar refractivity (Wildman–Crippen MR) is 43.9 cm³/mol. The fraction of sp³-hybridized carbons (Fsp3) is 0.125. The average Bonchev–Trinajstić information content (AvgIpc) is 2.50. The van der Waals surface area contributed by atoms with E-state index in [9.17, 15) is 4.79 Å². The molecule has 0 amide bonds. The molecule has 2 nitrogen and oxygen atoms in total. The Morgan fingerprint density at radius 2 is 2.55 bits per heavy atom. The van der Waals surface area contributed by atoms with Gasteiger partial charge < -0.3 is 0 Å². The Hall–Kier alpha value is -1.36. The van der Waals surface area contributed by atoms with Gasteiger partial charge in [0.2, 0.25) is 6.08 Å². The fourth-order valence-electron chi connectivity index (χ4n) is 0.602. The van der Waals surface area contributed by atoms with Crippen molar-refractivity contribution in [1.82, 2.24) is 0 Å². The maximum Gasteiger partial charge on any atom is 0.249 e. The molecule has 0 fully saturated rings. The monoisotopic (exact) mass is 163 g/mol. The molecule has 0 saturated carbocycles. The van der Waals surface area contributed by atoms with Crippen LogP contribution in [0, 0.1) is 12.0 Å².